The molecule has 0 atom stereocenters. The molecule has 0 saturated heterocycles. The third-order valence-corrected chi connectivity index (χ3v) is 4.04. The van der Waals surface area contributed by atoms with Crippen LogP contribution in [-0.4, -0.2) is 28.3 Å². The number of hydrogen-bond donors (Lipinski definition) is 0. The highest BCUT2D eigenvalue weighted by atomic mass is 35.5. The van der Waals surface area contributed by atoms with Gasteiger partial charge in [0.25, 0.3) is 5.88 Å². The van der Waals surface area contributed by atoms with Crippen molar-refractivity contribution < 1.29 is 30.2 Å². The highest BCUT2D eigenvalue weighted by Gasteiger charge is 2.49. The number of aromatic nitrogens is 3. The van der Waals surface area contributed by atoms with E-state index in [-0.39, 0.29) is 21.7 Å². The summed E-state index contributed by atoms with van der Waals surface area (Å²) in [7, 11) is -5.93. The minimum Gasteiger partial charge on any atom is -0.351 e. The van der Waals surface area contributed by atoms with Crippen LogP contribution in [0.3, 0.4) is 0 Å². The third kappa shape index (κ3) is 2.55. The molecule has 0 aliphatic rings. The van der Waals surface area contributed by atoms with Crippen molar-refractivity contribution in [3.63, 3.8) is 0 Å². The van der Waals surface area contributed by atoms with Crippen LogP contribution in [0.1, 0.15) is 0 Å². The van der Waals surface area contributed by atoms with E-state index in [4.69, 9.17) is 11.6 Å². The number of fused-ring (bicyclic) bond motifs is 3. The summed E-state index contributed by atoms with van der Waals surface area (Å²) >= 11 is 5.59. The molecule has 2 heterocycles. The Bertz CT molecular complexity index is 1030. The molecule has 23 heavy (non-hydrogen) atoms. The van der Waals surface area contributed by atoms with E-state index >= 15 is 0 Å². The Morgan fingerprint density at radius 2 is 1.96 bits per heavy atom. The second-order valence-electron chi connectivity index (χ2n) is 4.28. The van der Waals surface area contributed by atoms with Gasteiger partial charge in [0.05, 0.1) is 16.1 Å². The molecule has 6 nitrogen and oxygen atoms in total. The lowest BCUT2D eigenvalue weighted by Gasteiger charge is -2.11. The molecule has 12 heteroatoms. The van der Waals surface area contributed by atoms with E-state index in [9.17, 15) is 26.0 Å². The number of nitrogens with zero attached hydrogens (tertiary/aromatic N) is 3. The summed E-state index contributed by atoms with van der Waals surface area (Å²) < 4.78 is 78.3. The van der Waals surface area contributed by atoms with Gasteiger partial charge in [0, 0.05) is 18.5 Å². The SMILES string of the molecule is O=S(=O)(Oc1nc2cc(Cl)c(F)cc2n2ccnc12)C(F)(F)F. The van der Waals surface area contributed by atoms with E-state index in [0.29, 0.717) is 0 Å². The van der Waals surface area contributed by atoms with Gasteiger partial charge in [-0.2, -0.15) is 21.6 Å². The van der Waals surface area contributed by atoms with Gasteiger partial charge >= 0.3 is 15.6 Å². The molecule has 0 amide bonds. The zero-order chi connectivity index (χ0) is 17.0. The van der Waals surface area contributed by atoms with Crippen LogP contribution in [0.25, 0.3) is 16.7 Å². The summed E-state index contributed by atoms with van der Waals surface area (Å²) in [6.07, 6.45) is 2.44. The van der Waals surface area contributed by atoms with Crippen molar-refractivity contribution >= 4 is 38.4 Å². The Hall–Kier alpha value is -2.14. The van der Waals surface area contributed by atoms with Gasteiger partial charge in [-0.1, -0.05) is 11.6 Å². The fourth-order valence-electron chi connectivity index (χ4n) is 1.83. The minimum atomic E-state index is -5.93. The van der Waals surface area contributed by atoms with Gasteiger partial charge in [-0.05, 0) is 6.07 Å². The molecule has 0 aliphatic heterocycles. The third-order valence-electron chi connectivity index (χ3n) is 2.80. The van der Waals surface area contributed by atoms with Gasteiger partial charge < -0.3 is 4.18 Å². The first-order valence-electron chi connectivity index (χ1n) is 5.73. The quantitative estimate of drug-likeness (QED) is 0.394. The van der Waals surface area contributed by atoms with Gasteiger partial charge in [0.15, 0.2) is 0 Å². The first kappa shape index (κ1) is 15.7. The highest BCUT2D eigenvalue weighted by molar-refractivity contribution is 7.88. The predicted molar refractivity (Wildman–Crippen MR) is 71.1 cm³/mol. The van der Waals surface area contributed by atoms with Crippen molar-refractivity contribution in [2.75, 3.05) is 0 Å². The van der Waals surface area contributed by atoms with Crippen molar-refractivity contribution in [2.24, 2.45) is 0 Å². The largest absolute Gasteiger partial charge is 0.534 e. The van der Waals surface area contributed by atoms with Crippen LogP contribution in [0.4, 0.5) is 17.6 Å². The molecule has 0 spiro atoms. The Morgan fingerprint density at radius 1 is 1.26 bits per heavy atom. The van der Waals surface area contributed by atoms with Crippen molar-refractivity contribution in [1.82, 2.24) is 14.4 Å². The van der Waals surface area contributed by atoms with Gasteiger partial charge in [-0.3, -0.25) is 4.40 Å². The van der Waals surface area contributed by atoms with Crippen LogP contribution >= 0.6 is 11.6 Å². The summed E-state index contributed by atoms with van der Waals surface area (Å²) in [5.41, 5.74) is -5.91. The Labute approximate surface area is 130 Å². The topological polar surface area (TPSA) is 73.6 Å². The second-order valence-corrected chi connectivity index (χ2v) is 6.22. The second kappa shape index (κ2) is 4.93. The van der Waals surface area contributed by atoms with Crippen molar-refractivity contribution in [3.8, 4) is 5.88 Å². The van der Waals surface area contributed by atoms with E-state index in [0.717, 1.165) is 22.7 Å². The van der Waals surface area contributed by atoms with E-state index in [1.54, 1.807) is 0 Å². The molecular weight excluding hydrogens is 366 g/mol. The molecule has 0 unspecified atom stereocenters. The summed E-state index contributed by atoms with van der Waals surface area (Å²) in [6.45, 7) is 0. The Morgan fingerprint density at radius 3 is 2.61 bits per heavy atom. The van der Waals surface area contributed by atoms with Crippen molar-refractivity contribution in [2.45, 2.75) is 5.51 Å². The van der Waals surface area contributed by atoms with Gasteiger partial charge in [-0.25, -0.2) is 14.4 Å². The molecule has 0 radical (unpaired) electrons. The molecule has 0 N–H and O–H groups in total. The molecule has 2 aromatic heterocycles. The van der Waals surface area contributed by atoms with Gasteiger partial charge in [-0.15, -0.1) is 0 Å². The highest BCUT2D eigenvalue weighted by Crippen LogP contribution is 2.30. The number of imidazole rings is 1. The van der Waals surface area contributed by atoms with Gasteiger partial charge in [0.1, 0.15) is 5.82 Å². The van der Waals surface area contributed by atoms with Crippen molar-refractivity contribution in [3.05, 3.63) is 35.4 Å². The van der Waals surface area contributed by atoms with E-state index in [2.05, 4.69) is 14.2 Å². The van der Waals surface area contributed by atoms with E-state index in [1.807, 2.05) is 0 Å². The molecule has 0 bridgehead atoms. The van der Waals surface area contributed by atoms with Crippen LogP contribution in [0.15, 0.2) is 24.5 Å². The fraction of sp³-hybridized carbons (Fsp3) is 0.0909. The van der Waals surface area contributed by atoms with Crippen molar-refractivity contribution in [1.29, 1.82) is 0 Å². The normalized spacial score (nSPS) is 12.9. The van der Waals surface area contributed by atoms with Crippen LogP contribution in [0.2, 0.25) is 5.02 Å². The Balaban J connectivity index is 2.29. The number of rotatable bonds is 2. The van der Waals surface area contributed by atoms with Crippen LogP contribution in [0, 0.1) is 5.82 Å². The fourth-order valence-corrected chi connectivity index (χ4v) is 2.40. The lowest BCUT2D eigenvalue weighted by molar-refractivity contribution is -0.0500. The average Bonchev–Trinajstić information content (AvgIpc) is 2.89. The summed E-state index contributed by atoms with van der Waals surface area (Å²) in [5.74, 6) is -1.69. The lowest BCUT2D eigenvalue weighted by Crippen LogP contribution is -2.28. The zero-order valence-corrected chi connectivity index (χ0v) is 12.2. The molecule has 0 aliphatic carbocycles. The van der Waals surface area contributed by atoms with E-state index in [1.165, 1.54) is 6.20 Å². The maximum atomic E-state index is 13.5. The zero-order valence-electron chi connectivity index (χ0n) is 10.7. The van der Waals surface area contributed by atoms with E-state index < -0.39 is 27.3 Å². The predicted octanol–water partition coefficient (Wildman–Crippen LogP) is 2.90. The summed E-state index contributed by atoms with van der Waals surface area (Å²) in [5, 5.41) is -0.339. The summed E-state index contributed by atoms with van der Waals surface area (Å²) in [4.78, 5) is 7.32. The molecule has 0 saturated carbocycles. The molecule has 0 fully saturated rings. The molecular formula is C11H4ClF4N3O3S. The molecule has 122 valence electrons. The maximum Gasteiger partial charge on any atom is 0.534 e. The summed E-state index contributed by atoms with van der Waals surface area (Å²) in [6, 6.07) is 2.01. The molecule has 3 aromatic rings. The van der Waals surface area contributed by atoms with Crippen LogP contribution in [-0.2, 0) is 10.1 Å². The van der Waals surface area contributed by atoms with Crippen LogP contribution < -0.4 is 4.18 Å². The smallest absolute Gasteiger partial charge is 0.351 e. The first-order valence-corrected chi connectivity index (χ1v) is 7.51. The monoisotopic (exact) mass is 369 g/mol. The first-order chi connectivity index (χ1) is 10.6. The molecule has 1 aromatic carbocycles. The number of hydrogen-bond acceptors (Lipinski definition) is 5. The van der Waals surface area contributed by atoms with Gasteiger partial charge in [0.2, 0.25) is 5.65 Å². The Kier molecular flexibility index (Phi) is 3.37. The standard InChI is InChI=1S/C11H4ClF4N3O3S/c12-5-3-7-8(4-6(5)13)19-2-1-17-9(19)10(18-7)22-23(20,21)11(14,15)16/h1-4H. The maximum absolute atomic E-state index is 13.5. The molecule has 3 rings (SSSR count). The lowest BCUT2D eigenvalue weighted by atomic mass is 10.3. The average molecular weight is 370 g/mol. The number of halogens is 5. The number of alkyl halides is 3. The van der Waals surface area contributed by atoms with Crippen LogP contribution in [0.5, 0.6) is 5.88 Å². The minimum absolute atomic E-state index is 0.0747. The number of benzene rings is 1.